The maximum Gasteiger partial charge on any atom is 0.0897 e. The lowest BCUT2D eigenvalue weighted by Crippen LogP contribution is -2.38. The third-order valence-electron chi connectivity index (χ3n) is 3.01. The van der Waals surface area contributed by atoms with Gasteiger partial charge in [0.2, 0.25) is 0 Å². The minimum Gasteiger partial charge on any atom is -0.393 e. The van der Waals surface area contributed by atoms with Crippen LogP contribution in [0.15, 0.2) is 0 Å². The minimum absolute atomic E-state index is 0.161. The van der Waals surface area contributed by atoms with Gasteiger partial charge in [-0.2, -0.15) is 0 Å². The fourth-order valence-electron chi connectivity index (χ4n) is 2.11. The van der Waals surface area contributed by atoms with Crippen LogP contribution in [0.4, 0.5) is 0 Å². The summed E-state index contributed by atoms with van der Waals surface area (Å²) < 4.78 is 4.83. The van der Waals surface area contributed by atoms with Crippen molar-refractivity contribution in [2.24, 2.45) is 5.92 Å². The Morgan fingerprint density at radius 1 is 1.40 bits per heavy atom. The van der Waals surface area contributed by atoms with Crippen LogP contribution in [0, 0.1) is 5.92 Å². The maximum absolute atomic E-state index is 9.71. The summed E-state index contributed by atoms with van der Waals surface area (Å²) in [5, 5.41) is 22.3. The molecule has 1 aliphatic rings. The predicted octanol–water partition coefficient (Wildman–Crippen LogP) is 0.134. The van der Waals surface area contributed by atoms with Crippen molar-refractivity contribution in [3.63, 3.8) is 0 Å². The van der Waals surface area contributed by atoms with Crippen LogP contribution in [0.25, 0.3) is 0 Å². The van der Waals surface area contributed by atoms with Crippen LogP contribution in [0.2, 0.25) is 0 Å². The average Bonchev–Trinajstić information content (AvgIpc) is 2.21. The third-order valence-corrected chi connectivity index (χ3v) is 3.01. The van der Waals surface area contributed by atoms with Gasteiger partial charge < -0.3 is 20.3 Å². The Bertz CT molecular complexity index is 166. The molecular formula is C11H23NO3. The van der Waals surface area contributed by atoms with Gasteiger partial charge in [0.25, 0.3) is 0 Å². The van der Waals surface area contributed by atoms with E-state index in [0.29, 0.717) is 19.1 Å². The fourth-order valence-corrected chi connectivity index (χ4v) is 2.11. The summed E-state index contributed by atoms with van der Waals surface area (Å²) in [6.45, 7) is 1.69. The molecule has 0 aromatic rings. The number of aliphatic hydroxyl groups is 2. The first-order valence-electron chi connectivity index (χ1n) is 5.80. The van der Waals surface area contributed by atoms with E-state index >= 15 is 0 Å². The summed E-state index contributed by atoms with van der Waals surface area (Å²) in [7, 11) is 1.58. The van der Waals surface area contributed by atoms with Crippen molar-refractivity contribution in [2.45, 2.75) is 37.9 Å². The summed E-state index contributed by atoms with van der Waals surface area (Å²) >= 11 is 0. The van der Waals surface area contributed by atoms with Gasteiger partial charge >= 0.3 is 0 Å². The molecule has 0 radical (unpaired) electrons. The molecule has 1 fully saturated rings. The summed E-state index contributed by atoms with van der Waals surface area (Å²) in [5.41, 5.74) is 0. The lowest BCUT2D eigenvalue weighted by atomic mass is 9.86. The van der Waals surface area contributed by atoms with Crippen molar-refractivity contribution in [3.8, 4) is 0 Å². The summed E-state index contributed by atoms with van der Waals surface area (Å²) in [4.78, 5) is 0. The largest absolute Gasteiger partial charge is 0.393 e. The highest BCUT2D eigenvalue weighted by Gasteiger charge is 2.22. The van der Waals surface area contributed by atoms with E-state index in [1.54, 1.807) is 7.11 Å². The second-order valence-corrected chi connectivity index (χ2v) is 4.38. The molecule has 1 saturated carbocycles. The summed E-state index contributed by atoms with van der Waals surface area (Å²) in [6, 6.07) is 0. The van der Waals surface area contributed by atoms with Crippen molar-refractivity contribution in [2.75, 3.05) is 26.8 Å². The highest BCUT2D eigenvalue weighted by Crippen LogP contribution is 2.23. The molecule has 1 rings (SSSR count). The number of rotatable bonds is 6. The zero-order valence-corrected chi connectivity index (χ0v) is 9.48. The molecule has 3 atom stereocenters. The van der Waals surface area contributed by atoms with Crippen LogP contribution < -0.4 is 5.32 Å². The normalized spacial score (nSPS) is 29.0. The number of ether oxygens (including phenoxy) is 1. The van der Waals surface area contributed by atoms with E-state index in [2.05, 4.69) is 5.32 Å². The Labute approximate surface area is 91.6 Å². The standard InChI is InChI=1S/C11H23NO3/c1-15-8-10(13)7-12-6-9-4-2-3-5-11(9)14/h9-14H,2-8H2,1H3. The van der Waals surface area contributed by atoms with Gasteiger partial charge in [-0.25, -0.2) is 0 Å². The maximum atomic E-state index is 9.71. The van der Waals surface area contributed by atoms with Gasteiger partial charge in [-0.1, -0.05) is 12.8 Å². The van der Waals surface area contributed by atoms with Gasteiger partial charge in [-0.15, -0.1) is 0 Å². The minimum atomic E-state index is -0.448. The van der Waals surface area contributed by atoms with E-state index < -0.39 is 6.10 Å². The van der Waals surface area contributed by atoms with Crippen LogP contribution in [0.3, 0.4) is 0 Å². The molecule has 0 amide bonds. The Balaban J connectivity index is 2.08. The van der Waals surface area contributed by atoms with Gasteiger partial charge in [0.05, 0.1) is 18.8 Å². The highest BCUT2D eigenvalue weighted by atomic mass is 16.5. The fraction of sp³-hybridized carbons (Fsp3) is 1.00. The lowest BCUT2D eigenvalue weighted by molar-refractivity contribution is 0.0521. The molecule has 15 heavy (non-hydrogen) atoms. The quantitative estimate of drug-likeness (QED) is 0.592. The van der Waals surface area contributed by atoms with E-state index in [4.69, 9.17) is 4.74 Å². The Morgan fingerprint density at radius 3 is 2.80 bits per heavy atom. The zero-order valence-electron chi connectivity index (χ0n) is 9.48. The second-order valence-electron chi connectivity index (χ2n) is 4.38. The molecule has 0 spiro atoms. The molecule has 4 heteroatoms. The Hall–Kier alpha value is -0.160. The first-order chi connectivity index (χ1) is 7.24. The molecule has 0 aromatic heterocycles. The van der Waals surface area contributed by atoms with Crippen LogP contribution in [0.5, 0.6) is 0 Å². The monoisotopic (exact) mass is 217 g/mol. The van der Waals surface area contributed by atoms with Crippen LogP contribution >= 0.6 is 0 Å². The van der Waals surface area contributed by atoms with E-state index in [9.17, 15) is 10.2 Å². The van der Waals surface area contributed by atoms with Crippen molar-refractivity contribution in [3.05, 3.63) is 0 Å². The molecule has 3 N–H and O–H groups in total. The number of nitrogens with one attached hydrogen (secondary N) is 1. The van der Waals surface area contributed by atoms with Crippen molar-refractivity contribution in [1.29, 1.82) is 0 Å². The van der Waals surface area contributed by atoms with Crippen molar-refractivity contribution in [1.82, 2.24) is 5.32 Å². The first kappa shape index (κ1) is 12.9. The average molecular weight is 217 g/mol. The second kappa shape index (κ2) is 7.17. The van der Waals surface area contributed by atoms with E-state index in [1.807, 2.05) is 0 Å². The molecule has 0 aliphatic heterocycles. The lowest BCUT2D eigenvalue weighted by Gasteiger charge is -2.28. The van der Waals surface area contributed by atoms with E-state index in [0.717, 1.165) is 25.8 Å². The molecule has 3 unspecified atom stereocenters. The van der Waals surface area contributed by atoms with Gasteiger partial charge in [0, 0.05) is 20.2 Å². The molecule has 0 bridgehead atoms. The molecule has 1 aliphatic carbocycles. The van der Waals surface area contributed by atoms with Gasteiger partial charge in [0.15, 0.2) is 0 Å². The van der Waals surface area contributed by atoms with Crippen LogP contribution in [-0.4, -0.2) is 49.2 Å². The molecule has 0 aromatic carbocycles. The Morgan fingerprint density at radius 2 is 2.13 bits per heavy atom. The first-order valence-corrected chi connectivity index (χ1v) is 5.80. The van der Waals surface area contributed by atoms with Crippen LogP contribution in [-0.2, 0) is 4.74 Å². The zero-order chi connectivity index (χ0) is 11.1. The number of hydrogen-bond acceptors (Lipinski definition) is 4. The van der Waals surface area contributed by atoms with Gasteiger partial charge in [-0.3, -0.25) is 0 Å². The third kappa shape index (κ3) is 4.93. The molecule has 0 saturated heterocycles. The SMILES string of the molecule is COCC(O)CNCC1CCCCC1O. The summed E-state index contributed by atoms with van der Waals surface area (Å²) in [5.74, 6) is 0.355. The molecular weight excluding hydrogens is 194 g/mol. The molecule has 90 valence electrons. The Kier molecular flexibility index (Phi) is 6.17. The van der Waals surface area contributed by atoms with E-state index in [-0.39, 0.29) is 6.10 Å². The van der Waals surface area contributed by atoms with Crippen molar-refractivity contribution >= 4 is 0 Å². The van der Waals surface area contributed by atoms with Gasteiger partial charge in [0.1, 0.15) is 0 Å². The predicted molar refractivity (Wildman–Crippen MR) is 58.7 cm³/mol. The number of methoxy groups -OCH3 is 1. The summed E-state index contributed by atoms with van der Waals surface area (Å²) in [6.07, 6.45) is 3.76. The number of aliphatic hydroxyl groups excluding tert-OH is 2. The van der Waals surface area contributed by atoms with Crippen LogP contribution in [0.1, 0.15) is 25.7 Å². The highest BCUT2D eigenvalue weighted by molar-refractivity contribution is 4.76. The molecule has 4 nitrogen and oxygen atoms in total. The van der Waals surface area contributed by atoms with Gasteiger partial charge in [-0.05, 0) is 18.8 Å². The van der Waals surface area contributed by atoms with E-state index in [1.165, 1.54) is 6.42 Å². The topological polar surface area (TPSA) is 61.7 Å². The number of hydrogen-bond donors (Lipinski definition) is 3. The molecule has 0 heterocycles. The van der Waals surface area contributed by atoms with Crippen molar-refractivity contribution < 1.29 is 14.9 Å². The smallest absolute Gasteiger partial charge is 0.0897 e.